The summed E-state index contributed by atoms with van der Waals surface area (Å²) in [4.78, 5) is 4.07. The SMILES string of the molecule is Brc1cccc(CNc2cccc(Cn3ccnc3)c2)c1. The van der Waals surface area contributed by atoms with Gasteiger partial charge >= 0.3 is 0 Å². The molecule has 0 amide bonds. The van der Waals surface area contributed by atoms with E-state index in [4.69, 9.17) is 0 Å². The molecule has 106 valence electrons. The first-order chi connectivity index (χ1) is 10.3. The van der Waals surface area contributed by atoms with E-state index < -0.39 is 0 Å². The van der Waals surface area contributed by atoms with Crippen molar-refractivity contribution in [1.29, 1.82) is 0 Å². The number of aromatic nitrogens is 2. The first-order valence-electron chi connectivity index (χ1n) is 6.82. The summed E-state index contributed by atoms with van der Waals surface area (Å²) in [5, 5.41) is 3.46. The van der Waals surface area contributed by atoms with Gasteiger partial charge in [0.15, 0.2) is 0 Å². The van der Waals surface area contributed by atoms with E-state index in [9.17, 15) is 0 Å². The van der Waals surface area contributed by atoms with Crippen molar-refractivity contribution in [3.63, 3.8) is 0 Å². The molecule has 1 heterocycles. The maximum absolute atomic E-state index is 4.07. The van der Waals surface area contributed by atoms with Crippen molar-refractivity contribution in [3.8, 4) is 0 Å². The van der Waals surface area contributed by atoms with E-state index in [0.717, 1.165) is 23.2 Å². The van der Waals surface area contributed by atoms with E-state index in [1.165, 1.54) is 11.1 Å². The summed E-state index contributed by atoms with van der Waals surface area (Å²) >= 11 is 3.50. The minimum absolute atomic E-state index is 0.813. The number of nitrogens with one attached hydrogen (secondary N) is 1. The Bertz CT molecular complexity index is 708. The predicted molar refractivity (Wildman–Crippen MR) is 89.2 cm³/mol. The zero-order chi connectivity index (χ0) is 14.5. The molecule has 0 atom stereocenters. The largest absolute Gasteiger partial charge is 0.381 e. The van der Waals surface area contributed by atoms with Crippen LogP contribution in [0.25, 0.3) is 0 Å². The average molecular weight is 342 g/mol. The third-order valence-corrected chi connectivity index (χ3v) is 3.73. The average Bonchev–Trinajstić information content (AvgIpc) is 2.99. The van der Waals surface area contributed by atoms with E-state index in [0.29, 0.717) is 0 Å². The molecule has 0 radical (unpaired) electrons. The van der Waals surface area contributed by atoms with Crippen LogP contribution in [0.2, 0.25) is 0 Å². The Morgan fingerprint density at radius 1 is 1.05 bits per heavy atom. The number of imidazole rings is 1. The minimum Gasteiger partial charge on any atom is -0.381 e. The second-order valence-corrected chi connectivity index (χ2v) is 5.83. The van der Waals surface area contributed by atoms with Crippen LogP contribution in [-0.4, -0.2) is 9.55 Å². The van der Waals surface area contributed by atoms with E-state index in [2.05, 4.69) is 73.3 Å². The zero-order valence-electron chi connectivity index (χ0n) is 11.5. The summed E-state index contributed by atoms with van der Waals surface area (Å²) in [6.45, 7) is 1.65. The number of hydrogen-bond acceptors (Lipinski definition) is 2. The Labute approximate surface area is 132 Å². The summed E-state index contributed by atoms with van der Waals surface area (Å²) in [6.07, 6.45) is 5.61. The van der Waals surface area contributed by atoms with Crippen LogP contribution in [0.4, 0.5) is 5.69 Å². The second-order valence-electron chi connectivity index (χ2n) is 4.92. The molecular formula is C17H16BrN3. The lowest BCUT2D eigenvalue weighted by Gasteiger charge is -2.09. The summed E-state index contributed by atoms with van der Waals surface area (Å²) in [5.41, 5.74) is 3.64. The van der Waals surface area contributed by atoms with E-state index in [-0.39, 0.29) is 0 Å². The van der Waals surface area contributed by atoms with Gasteiger partial charge in [0.2, 0.25) is 0 Å². The van der Waals surface area contributed by atoms with E-state index in [1.54, 1.807) is 6.20 Å². The molecule has 3 aromatic rings. The standard InChI is InChI=1S/C17H16BrN3/c18-16-5-1-3-14(9-16)11-20-17-6-2-4-15(10-17)12-21-8-7-19-13-21/h1-10,13,20H,11-12H2. The normalized spacial score (nSPS) is 10.5. The summed E-state index contributed by atoms with van der Waals surface area (Å²) in [5.74, 6) is 0. The van der Waals surface area contributed by atoms with Gasteiger partial charge in [-0.1, -0.05) is 40.2 Å². The molecule has 4 heteroatoms. The van der Waals surface area contributed by atoms with Crippen molar-refractivity contribution in [3.05, 3.63) is 82.9 Å². The third kappa shape index (κ3) is 3.95. The monoisotopic (exact) mass is 341 g/mol. The highest BCUT2D eigenvalue weighted by Crippen LogP contribution is 2.15. The van der Waals surface area contributed by atoms with Crippen LogP contribution in [0, 0.1) is 0 Å². The lowest BCUT2D eigenvalue weighted by atomic mass is 10.2. The van der Waals surface area contributed by atoms with Gasteiger partial charge in [0.1, 0.15) is 0 Å². The van der Waals surface area contributed by atoms with Gasteiger partial charge in [-0.3, -0.25) is 0 Å². The molecule has 3 nitrogen and oxygen atoms in total. The van der Waals surface area contributed by atoms with Crippen LogP contribution >= 0.6 is 15.9 Å². The molecule has 0 spiro atoms. The van der Waals surface area contributed by atoms with Crippen molar-refractivity contribution >= 4 is 21.6 Å². The Kier molecular flexibility index (Phi) is 4.36. The number of anilines is 1. The second kappa shape index (κ2) is 6.59. The van der Waals surface area contributed by atoms with Crippen LogP contribution in [0.5, 0.6) is 0 Å². The fraction of sp³-hybridized carbons (Fsp3) is 0.118. The highest BCUT2D eigenvalue weighted by Gasteiger charge is 1.98. The van der Waals surface area contributed by atoms with Gasteiger partial charge in [0.05, 0.1) is 6.33 Å². The minimum atomic E-state index is 0.813. The topological polar surface area (TPSA) is 29.9 Å². The Morgan fingerprint density at radius 3 is 2.71 bits per heavy atom. The molecular weight excluding hydrogens is 326 g/mol. The van der Waals surface area contributed by atoms with Gasteiger partial charge in [-0.25, -0.2) is 4.98 Å². The summed E-state index contributed by atoms with van der Waals surface area (Å²) in [7, 11) is 0. The quantitative estimate of drug-likeness (QED) is 0.749. The zero-order valence-corrected chi connectivity index (χ0v) is 13.1. The third-order valence-electron chi connectivity index (χ3n) is 3.24. The molecule has 0 bridgehead atoms. The van der Waals surface area contributed by atoms with Crippen molar-refractivity contribution in [2.45, 2.75) is 13.1 Å². The molecule has 1 aromatic heterocycles. The smallest absolute Gasteiger partial charge is 0.0949 e. The van der Waals surface area contributed by atoms with E-state index in [1.807, 2.05) is 18.6 Å². The van der Waals surface area contributed by atoms with Gasteiger partial charge in [-0.15, -0.1) is 0 Å². The van der Waals surface area contributed by atoms with Crippen LogP contribution in [-0.2, 0) is 13.1 Å². The first kappa shape index (κ1) is 13.9. The lowest BCUT2D eigenvalue weighted by Crippen LogP contribution is -2.01. The molecule has 0 aliphatic carbocycles. The molecule has 0 aliphatic rings. The van der Waals surface area contributed by atoms with Crippen molar-refractivity contribution in [2.75, 3.05) is 5.32 Å². The molecule has 2 aromatic carbocycles. The summed E-state index contributed by atoms with van der Waals surface area (Å²) < 4.78 is 3.17. The number of halogens is 1. The van der Waals surface area contributed by atoms with Crippen molar-refractivity contribution < 1.29 is 0 Å². The van der Waals surface area contributed by atoms with Crippen LogP contribution in [0.3, 0.4) is 0 Å². The maximum Gasteiger partial charge on any atom is 0.0949 e. The maximum atomic E-state index is 4.07. The van der Waals surface area contributed by atoms with Gasteiger partial charge in [0, 0.05) is 35.6 Å². The summed E-state index contributed by atoms with van der Waals surface area (Å²) in [6, 6.07) is 16.8. The fourth-order valence-corrected chi connectivity index (χ4v) is 2.67. The Morgan fingerprint density at radius 2 is 1.90 bits per heavy atom. The van der Waals surface area contributed by atoms with Gasteiger partial charge in [0.25, 0.3) is 0 Å². The van der Waals surface area contributed by atoms with Crippen LogP contribution in [0.1, 0.15) is 11.1 Å². The molecule has 0 saturated carbocycles. The fourth-order valence-electron chi connectivity index (χ4n) is 2.22. The van der Waals surface area contributed by atoms with Gasteiger partial charge < -0.3 is 9.88 Å². The number of rotatable bonds is 5. The molecule has 21 heavy (non-hydrogen) atoms. The van der Waals surface area contributed by atoms with Crippen molar-refractivity contribution in [1.82, 2.24) is 9.55 Å². The van der Waals surface area contributed by atoms with E-state index >= 15 is 0 Å². The van der Waals surface area contributed by atoms with Crippen LogP contribution in [0.15, 0.2) is 71.7 Å². The highest BCUT2D eigenvalue weighted by atomic mass is 79.9. The predicted octanol–water partition coefficient (Wildman–Crippen LogP) is 4.31. The molecule has 0 fully saturated rings. The number of nitrogens with zero attached hydrogens (tertiary/aromatic N) is 2. The highest BCUT2D eigenvalue weighted by molar-refractivity contribution is 9.10. The lowest BCUT2D eigenvalue weighted by molar-refractivity contribution is 0.797. The Balaban J connectivity index is 1.66. The van der Waals surface area contributed by atoms with Gasteiger partial charge in [-0.05, 0) is 35.4 Å². The molecule has 0 unspecified atom stereocenters. The van der Waals surface area contributed by atoms with Crippen molar-refractivity contribution in [2.24, 2.45) is 0 Å². The number of hydrogen-bond donors (Lipinski definition) is 1. The Hall–Kier alpha value is -2.07. The molecule has 0 aliphatic heterocycles. The molecule has 1 N–H and O–H groups in total. The first-order valence-corrected chi connectivity index (χ1v) is 7.62. The molecule has 3 rings (SSSR count). The van der Waals surface area contributed by atoms with Gasteiger partial charge in [-0.2, -0.15) is 0 Å². The van der Waals surface area contributed by atoms with Crippen LogP contribution < -0.4 is 5.32 Å². The molecule has 0 saturated heterocycles. The number of benzene rings is 2.